The van der Waals surface area contributed by atoms with E-state index in [4.69, 9.17) is 16.7 Å². The average Bonchev–Trinajstić information content (AvgIpc) is 2.70. The van der Waals surface area contributed by atoms with E-state index in [2.05, 4.69) is 12.2 Å². The number of rotatable bonds is 2. The highest BCUT2D eigenvalue weighted by molar-refractivity contribution is 6.33. The van der Waals surface area contributed by atoms with Gasteiger partial charge < -0.3 is 15.3 Å². The lowest BCUT2D eigenvalue weighted by Gasteiger charge is -2.22. The summed E-state index contributed by atoms with van der Waals surface area (Å²) in [5, 5.41) is 11.9. The van der Waals surface area contributed by atoms with Crippen molar-refractivity contribution in [2.75, 3.05) is 11.9 Å². The van der Waals surface area contributed by atoms with Gasteiger partial charge in [0, 0.05) is 18.3 Å². The van der Waals surface area contributed by atoms with Crippen LogP contribution in [0.2, 0.25) is 5.02 Å². The fraction of sp³-hybridized carbons (Fsp3) is 0.429. The number of hydrogen-bond donors (Lipinski definition) is 2. The number of halogens is 1. The van der Waals surface area contributed by atoms with Gasteiger partial charge in [0.1, 0.15) is 0 Å². The van der Waals surface area contributed by atoms with Gasteiger partial charge in [0.2, 0.25) is 0 Å². The molecule has 1 saturated heterocycles. The first-order valence-electron chi connectivity index (χ1n) is 6.49. The number of nitrogens with zero attached hydrogens (tertiary/aromatic N) is 1. The van der Waals surface area contributed by atoms with Gasteiger partial charge in [-0.2, -0.15) is 0 Å². The van der Waals surface area contributed by atoms with E-state index < -0.39 is 5.97 Å². The minimum absolute atomic E-state index is 0.0210. The molecule has 1 aliphatic heterocycles. The molecule has 0 aliphatic carbocycles. The third-order valence-corrected chi connectivity index (χ3v) is 3.82. The molecule has 2 rings (SSSR count). The van der Waals surface area contributed by atoms with E-state index in [0.29, 0.717) is 18.2 Å². The normalized spacial score (nSPS) is 21.9. The monoisotopic (exact) mass is 296 g/mol. The molecule has 6 heteroatoms. The Morgan fingerprint density at radius 3 is 2.65 bits per heavy atom. The maximum absolute atomic E-state index is 12.2. The van der Waals surface area contributed by atoms with Crippen molar-refractivity contribution in [3.63, 3.8) is 0 Å². The quantitative estimate of drug-likeness (QED) is 0.879. The number of anilines is 1. The number of amides is 2. The van der Waals surface area contributed by atoms with Crippen LogP contribution in [0.15, 0.2) is 18.2 Å². The van der Waals surface area contributed by atoms with Crippen LogP contribution in [-0.4, -0.2) is 34.6 Å². The third-order valence-electron chi connectivity index (χ3n) is 3.49. The van der Waals surface area contributed by atoms with Crippen molar-refractivity contribution in [2.24, 2.45) is 5.92 Å². The fourth-order valence-corrected chi connectivity index (χ4v) is 2.74. The molecule has 0 spiro atoms. The highest BCUT2D eigenvalue weighted by atomic mass is 35.5. The maximum Gasteiger partial charge on any atom is 0.337 e. The molecule has 2 atom stereocenters. The second-order valence-corrected chi connectivity index (χ2v) is 5.68. The number of hydrogen-bond acceptors (Lipinski definition) is 2. The van der Waals surface area contributed by atoms with Gasteiger partial charge in [0.25, 0.3) is 0 Å². The minimum atomic E-state index is -1.12. The molecule has 1 aromatic rings. The molecule has 1 aliphatic rings. The predicted octanol–water partition coefficient (Wildman–Crippen LogP) is 3.30. The zero-order valence-electron chi connectivity index (χ0n) is 11.4. The SMILES string of the molecule is CC1CC(C)N(C(=O)Nc2ccc(Cl)c(C(=O)O)c2)C1. The molecule has 2 unspecified atom stereocenters. The van der Waals surface area contributed by atoms with E-state index in [-0.39, 0.29) is 22.7 Å². The molecular weight excluding hydrogens is 280 g/mol. The van der Waals surface area contributed by atoms with Gasteiger partial charge in [-0.05, 0) is 37.5 Å². The van der Waals surface area contributed by atoms with Crippen LogP contribution in [-0.2, 0) is 0 Å². The number of urea groups is 1. The molecule has 108 valence electrons. The first kappa shape index (κ1) is 14.7. The lowest BCUT2D eigenvalue weighted by molar-refractivity contribution is 0.0697. The fourth-order valence-electron chi connectivity index (χ4n) is 2.55. The molecule has 20 heavy (non-hydrogen) atoms. The van der Waals surface area contributed by atoms with Crippen LogP contribution in [0.1, 0.15) is 30.6 Å². The van der Waals surface area contributed by atoms with E-state index in [9.17, 15) is 9.59 Å². The summed E-state index contributed by atoms with van der Waals surface area (Å²) in [5.41, 5.74) is 0.413. The Balaban J connectivity index is 2.12. The third kappa shape index (κ3) is 3.04. The lowest BCUT2D eigenvalue weighted by atomic mass is 10.1. The minimum Gasteiger partial charge on any atom is -0.478 e. The van der Waals surface area contributed by atoms with Crippen LogP contribution in [0.5, 0.6) is 0 Å². The summed E-state index contributed by atoms with van der Waals surface area (Å²) in [6, 6.07) is 4.41. The lowest BCUT2D eigenvalue weighted by Crippen LogP contribution is -2.37. The highest BCUT2D eigenvalue weighted by Gasteiger charge is 2.29. The molecule has 0 saturated carbocycles. The second kappa shape index (κ2) is 5.71. The predicted molar refractivity (Wildman–Crippen MR) is 77.4 cm³/mol. The Bertz CT molecular complexity index is 547. The number of nitrogens with one attached hydrogen (secondary N) is 1. The molecule has 5 nitrogen and oxygen atoms in total. The maximum atomic E-state index is 12.2. The number of aromatic carboxylic acids is 1. The molecule has 1 aromatic carbocycles. The van der Waals surface area contributed by atoms with Gasteiger partial charge >= 0.3 is 12.0 Å². The van der Waals surface area contributed by atoms with Gasteiger partial charge in [-0.15, -0.1) is 0 Å². The molecular formula is C14H17ClN2O3. The number of carbonyl (C=O) groups is 2. The van der Waals surface area contributed by atoms with Crippen LogP contribution in [0.3, 0.4) is 0 Å². The second-order valence-electron chi connectivity index (χ2n) is 5.27. The van der Waals surface area contributed by atoms with Gasteiger partial charge in [-0.3, -0.25) is 0 Å². The summed E-state index contributed by atoms with van der Waals surface area (Å²) in [6.07, 6.45) is 0.981. The van der Waals surface area contributed by atoms with Crippen molar-refractivity contribution in [1.29, 1.82) is 0 Å². The Morgan fingerprint density at radius 1 is 1.40 bits per heavy atom. The molecule has 2 amide bonds. The van der Waals surface area contributed by atoms with E-state index in [1.807, 2.05) is 6.92 Å². The number of likely N-dealkylation sites (tertiary alicyclic amines) is 1. The highest BCUT2D eigenvalue weighted by Crippen LogP contribution is 2.24. The summed E-state index contributed by atoms with van der Waals surface area (Å²) >= 11 is 5.79. The van der Waals surface area contributed by atoms with Gasteiger partial charge in [0.05, 0.1) is 10.6 Å². The van der Waals surface area contributed by atoms with Crippen molar-refractivity contribution in [3.8, 4) is 0 Å². The molecule has 0 aromatic heterocycles. The zero-order chi connectivity index (χ0) is 14.9. The standard InChI is InChI=1S/C14H17ClN2O3/c1-8-5-9(2)17(7-8)14(20)16-10-3-4-12(15)11(6-10)13(18)19/h3-4,6,8-9H,5,7H2,1-2H3,(H,16,20)(H,18,19). The average molecular weight is 297 g/mol. The van der Waals surface area contributed by atoms with Crippen LogP contribution < -0.4 is 5.32 Å². The van der Waals surface area contributed by atoms with Crippen molar-refractivity contribution < 1.29 is 14.7 Å². The molecule has 1 fully saturated rings. The molecule has 0 radical (unpaired) electrons. The topological polar surface area (TPSA) is 69.6 Å². The van der Waals surface area contributed by atoms with Crippen molar-refractivity contribution in [1.82, 2.24) is 4.90 Å². The van der Waals surface area contributed by atoms with E-state index in [0.717, 1.165) is 6.42 Å². The zero-order valence-corrected chi connectivity index (χ0v) is 12.1. The van der Waals surface area contributed by atoms with Crippen molar-refractivity contribution in [3.05, 3.63) is 28.8 Å². The Kier molecular flexibility index (Phi) is 4.18. The largest absolute Gasteiger partial charge is 0.478 e. The van der Waals surface area contributed by atoms with Crippen molar-refractivity contribution >= 4 is 29.3 Å². The van der Waals surface area contributed by atoms with E-state index >= 15 is 0 Å². The Morgan fingerprint density at radius 2 is 2.10 bits per heavy atom. The van der Waals surface area contributed by atoms with Crippen molar-refractivity contribution in [2.45, 2.75) is 26.3 Å². The van der Waals surface area contributed by atoms with Gasteiger partial charge in [-0.1, -0.05) is 18.5 Å². The van der Waals surface area contributed by atoms with Gasteiger partial charge in [-0.25, -0.2) is 9.59 Å². The van der Waals surface area contributed by atoms with E-state index in [1.165, 1.54) is 12.1 Å². The number of carboxylic acid groups (broad SMARTS) is 1. The first-order valence-corrected chi connectivity index (χ1v) is 6.86. The number of carboxylic acids is 1. The first-order chi connectivity index (χ1) is 9.38. The molecule has 1 heterocycles. The number of benzene rings is 1. The summed E-state index contributed by atoms with van der Waals surface area (Å²) in [4.78, 5) is 24.9. The Labute approximate surface area is 122 Å². The smallest absolute Gasteiger partial charge is 0.337 e. The summed E-state index contributed by atoms with van der Waals surface area (Å²) in [5.74, 6) is -0.634. The van der Waals surface area contributed by atoms with Crippen LogP contribution in [0, 0.1) is 5.92 Å². The Hall–Kier alpha value is -1.75. The van der Waals surface area contributed by atoms with Crippen LogP contribution in [0.25, 0.3) is 0 Å². The van der Waals surface area contributed by atoms with Gasteiger partial charge in [0.15, 0.2) is 0 Å². The summed E-state index contributed by atoms with van der Waals surface area (Å²) < 4.78 is 0. The summed E-state index contributed by atoms with van der Waals surface area (Å²) in [6.45, 7) is 4.83. The van der Waals surface area contributed by atoms with E-state index in [1.54, 1.807) is 11.0 Å². The summed E-state index contributed by atoms with van der Waals surface area (Å²) in [7, 11) is 0. The van der Waals surface area contributed by atoms with Crippen LogP contribution >= 0.6 is 11.6 Å². The van der Waals surface area contributed by atoms with Crippen LogP contribution in [0.4, 0.5) is 10.5 Å². The molecule has 2 N–H and O–H groups in total. The molecule has 0 bridgehead atoms. The number of carbonyl (C=O) groups excluding carboxylic acids is 1.